The number of nitrogens with zero attached hydrogens (tertiary/aromatic N) is 3. The summed E-state index contributed by atoms with van der Waals surface area (Å²) in [6.07, 6.45) is 3.84. The van der Waals surface area contributed by atoms with Crippen LogP contribution in [0, 0.1) is 6.92 Å². The number of pyridine rings is 1. The molecule has 43 heavy (non-hydrogen) atoms. The lowest BCUT2D eigenvalue weighted by Crippen LogP contribution is -2.49. The van der Waals surface area contributed by atoms with Crippen molar-refractivity contribution in [3.05, 3.63) is 63.9 Å². The molecule has 1 saturated carbocycles. The lowest BCUT2D eigenvalue weighted by Gasteiger charge is -2.39. The van der Waals surface area contributed by atoms with Gasteiger partial charge in [0.15, 0.2) is 11.5 Å². The number of hydrogen-bond donors (Lipinski definition) is 0. The Kier molecular flexibility index (Phi) is 8.27. The molecule has 9 heteroatoms. The smallest absolute Gasteiger partial charge is 0.410 e. The summed E-state index contributed by atoms with van der Waals surface area (Å²) in [4.78, 5) is 30.8. The van der Waals surface area contributed by atoms with E-state index in [4.69, 9.17) is 18.9 Å². The maximum absolute atomic E-state index is 13.4. The molecule has 1 aromatic heterocycles. The van der Waals surface area contributed by atoms with Crippen molar-refractivity contribution in [1.29, 1.82) is 0 Å². The van der Waals surface area contributed by atoms with Crippen molar-refractivity contribution in [1.82, 2.24) is 14.4 Å². The van der Waals surface area contributed by atoms with Gasteiger partial charge in [-0.1, -0.05) is 6.07 Å². The van der Waals surface area contributed by atoms with Crippen molar-refractivity contribution >= 4 is 17.0 Å². The molecule has 0 N–H and O–H groups in total. The first-order valence-corrected chi connectivity index (χ1v) is 15.5. The second kappa shape index (κ2) is 12.1. The number of fused-ring (bicyclic) bond motifs is 2. The van der Waals surface area contributed by atoms with Gasteiger partial charge in [-0.05, 0) is 88.8 Å². The van der Waals surface area contributed by atoms with Crippen LogP contribution < -0.4 is 19.8 Å². The highest BCUT2D eigenvalue weighted by molar-refractivity contribution is 5.83. The average Bonchev–Trinajstić information content (AvgIpc) is 3.79. The first kappa shape index (κ1) is 29.4. The molecule has 0 atom stereocenters. The molecule has 0 unspecified atom stereocenters. The lowest BCUT2D eigenvalue weighted by atomic mass is 10.0. The summed E-state index contributed by atoms with van der Waals surface area (Å²) >= 11 is 0. The quantitative estimate of drug-likeness (QED) is 0.342. The van der Waals surface area contributed by atoms with Crippen molar-refractivity contribution in [2.45, 2.75) is 84.2 Å². The summed E-state index contributed by atoms with van der Waals surface area (Å²) in [7, 11) is 0. The topological polar surface area (TPSA) is 82.5 Å². The zero-order valence-corrected chi connectivity index (χ0v) is 25.8. The van der Waals surface area contributed by atoms with E-state index in [0.29, 0.717) is 38.2 Å². The van der Waals surface area contributed by atoms with Gasteiger partial charge in [0.05, 0.1) is 11.6 Å². The number of ether oxygens (including phenoxy) is 4. The minimum atomic E-state index is -0.587. The molecular formula is C34H43N3O6. The molecule has 0 bridgehead atoms. The zero-order valence-electron chi connectivity index (χ0n) is 25.8. The monoisotopic (exact) mass is 589 g/mol. The molecule has 3 heterocycles. The van der Waals surface area contributed by atoms with Crippen LogP contribution in [0.1, 0.15) is 57.6 Å². The SMILES string of the molecule is Cc1cc(=O)n(CCN2CCC(N(Cc3ccc4c(c3)OCCO4)C(=O)OC(C)(C)C)CC2)c2cc(OC3CC3)ccc12. The van der Waals surface area contributed by atoms with Crippen molar-refractivity contribution < 1.29 is 23.7 Å². The molecule has 0 radical (unpaired) electrons. The fourth-order valence-electron chi connectivity index (χ4n) is 5.95. The number of carbonyl (C=O) groups excluding carboxylic acids is 1. The van der Waals surface area contributed by atoms with Gasteiger partial charge in [-0.3, -0.25) is 4.79 Å². The van der Waals surface area contributed by atoms with Crippen molar-refractivity contribution in [2.24, 2.45) is 0 Å². The van der Waals surface area contributed by atoms with E-state index in [0.717, 1.165) is 78.8 Å². The van der Waals surface area contributed by atoms with Gasteiger partial charge in [-0.25, -0.2) is 4.79 Å². The molecule has 1 amide bonds. The van der Waals surface area contributed by atoms with Gasteiger partial charge in [-0.2, -0.15) is 0 Å². The third-order valence-electron chi connectivity index (χ3n) is 8.34. The maximum Gasteiger partial charge on any atom is 0.410 e. The largest absolute Gasteiger partial charge is 0.490 e. The molecule has 9 nitrogen and oxygen atoms in total. The van der Waals surface area contributed by atoms with Gasteiger partial charge >= 0.3 is 6.09 Å². The predicted octanol–water partition coefficient (Wildman–Crippen LogP) is 5.52. The summed E-state index contributed by atoms with van der Waals surface area (Å²) in [6.45, 7) is 12.2. The molecule has 1 saturated heterocycles. The van der Waals surface area contributed by atoms with Crippen LogP contribution in [0.3, 0.4) is 0 Å². The van der Waals surface area contributed by atoms with E-state index in [1.54, 1.807) is 6.07 Å². The Balaban J connectivity index is 1.13. The van der Waals surface area contributed by atoms with Gasteiger partial charge in [0.1, 0.15) is 24.6 Å². The Bertz CT molecular complexity index is 1530. The Morgan fingerprint density at radius 2 is 1.70 bits per heavy atom. The highest BCUT2D eigenvalue weighted by Crippen LogP contribution is 2.33. The van der Waals surface area contributed by atoms with Crippen LogP contribution in [0.5, 0.6) is 17.2 Å². The molecule has 230 valence electrons. The summed E-state index contributed by atoms with van der Waals surface area (Å²) in [5.41, 5.74) is 2.31. The van der Waals surface area contributed by atoms with E-state index in [1.165, 1.54) is 0 Å². The van der Waals surface area contributed by atoms with Crippen LogP contribution in [0.15, 0.2) is 47.3 Å². The molecule has 6 rings (SSSR count). The summed E-state index contributed by atoms with van der Waals surface area (Å²) < 4.78 is 25.2. The number of carbonyl (C=O) groups is 1. The molecule has 0 spiro atoms. The van der Waals surface area contributed by atoms with Gasteiger partial charge in [0.25, 0.3) is 5.56 Å². The summed E-state index contributed by atoms with van der Waals surface area (Å²) in [5, 5.41) is 1.08. The Labute approximate surface area is 253 Å². The highest BCUT2D eigenvalue weighted by Gasteiger charge is 2.32. The standard InChI is InChI=1S/C34H43N3O6/c1-23-19-32(38)36(29-21-27(8-9-28(23)29)42-26-6-7-26)16-15-35-13-11-25(12-14-35)37(33(39)43-34(2,3)4)22-24-5-10-30-31(20-24)41-18-17-40-30/h5,8-10,19-21,25-26H,6-7,11-18,22H2,1-4H3. The molecule has 3 aromatic rings. The first-order valence-electron chi connectivity index (χ1n) is 15.5. The normalized spacial score (nSPS) is 17.6. The minimum Gasteiger partial charge on any atom is -0.490 e. The second-order valence-electron chi connectivity index (χ2n) is 13.0. The third kappa shape index (κ3) is 7.09. The van der Waals surface area contributed by atoms with E-state index in [1.807, 2.05) is 67.5 Å². The second-order valence-corrected chi connectivity index (χ2v) is 13.0. The summed E-state index contributed by atoms with van der Waals surface area (Å²) in [5.74, 6) is 2.28. The Hall–Kier alpha value is -3.72. The molecule has 3 aliphatic rings. The van der Waals surface area contributed by atoms with Gasteiger partial charge in [-0.15, -0.1) is 0 Å². The van der Waals surface area contributed by atoms with E-state index >= 15 is 0 Å². The van der Waals surface area contributed by atoms with E-state index in [9.17, 15) is 9.59 Å². The van der Waals surface area contributed by atoms with E-state index in [-0.39, 0.29) is 17.7 Å². The van der Waals surface area contributed by atoms with Crippen LogP contribution in [0.2, 0.25) is 0 Å². The maximum atomic E-state index is 13.4. The van der Waals surface area contributed by atoms with Gasteiger partial charge < -0.3 is 33.3 Å². The fourth-order valence-corrected chi connectivity index (χ4v) is 5.95. The number of benzene rings is 2. The summed E-state index contributed by atoms with van der Waals surface area (Å²) in [6, 6.07) is 13.7. The lowest BCUT2D eigenvalue weighted by molar-refractivity contribution is 0.00562. The van der Waals surface area contributed by atoms with Gasteiger partial charge in [0.2, 0.25) is 0 Å². The van der Waals surface area contributed by atoms with Crippen LogP contribution in [-0.4, -0.2) is 71.1 Å². The Morgan fingerprint density at radius 3 is 2.42 bits per heavy atom. The molecular weight excluding hydrogens is 546 g/mol. The number of amides is 1. The number of likely N-dealkylation sites (tertiary alicyclic amines) is 1. The number of aromatic nitrogens is 1. The van der Waals surface area contributed by atoms with Crippen molar-refractivity contribution in [2.75, 3.05) is 32.8 Å². The third-order valence-corrected chi connectivity index (χ3v) is 8.34. The van der Waals surface area contributed by atoms with E-state index < -0.39 is 5.60 Å². The van der Waals surface area contributed by atoms with Gasteiger partial charge in [0, 0.05) is 56.3 Å². The average molecular weight is 590 g/mol. The zero-order chi connectivity index (χ0) is 30.1. The van der Waals surface area contributed by atoms with Crippen LogP contribution >= 0.6 is 0 Å². The molecule has 2 aromatic carbocycles. The number of aryl methyl sites for hydroxylation is 1. The first-order chi connectivity index (χ1) is 20.6. The predicted molar refractivity (Wildman–Crippen MR) is 165 cm³/mol. The van der Waals surface area contributed by atoms with Crippen molar-refractivity contribution in [3.8, 4) is 17.2 Å². The fraction of sp³-hybridized carbons (Fsp3) is 0.529. The van der Waals surface area contributed by atoms with Crippen LogP contribution in [0.25, 0.3) is 10.9 Å². The number of rotatable bonds is 8. The van der Waals surface area contributed by atoms with Crippen molar-refractivity contribution in [3.63, 3.8) is 0 Å². The minimum absolute atomic E-state index is 0.0130. The molecule has 2 aliphatic heterocycles. The van der Waals surface area contributed by atoms with Crippen LogP contribution in [0.4, 0.5) is 4.79 Å². The molecule has 2 fully saturated rings. The highest BCUT2D eigenvalue weighted by atomic mass is 16.6. The Morgan fingerprint density at radius 1 is 0.953 bits per heavy atom. The van der Waals surface area contributed by atoms with E-state index in [2.05, 4.69) is 11.0 Å². The number of hydrogen-bond acceptors (Lipinski definition) is 7. The van der Waals surface area contributed by atoms with Crippen LogP contribution in [-0.2, 0) is 17.8 Å². The number of piperidine rings is 1. The molecule has 1 aliphatic carbocycles.